The van der Waals surface area contributed by atoms with Crippen LogP contribution in [0.25, 0.3) is 0 Å². The second-order valence-electron chi connectivity index (χ2n) is 4.62. The molecule has 1 amide bonds. The Morgan fingerprint density at radius 3 is 2.59 bits per heavy atom. The molecule has 92 valence electrons. The molecule has 5 heteroatoms. The van der Waals surface area contributed by atoms with Gasteiger partial charge in [0.1, 0.15) is 5.38 Å². The fourth-order valence-electron chi connectivity index (χ4n) is 1.91. The van der Waals surface area contributed by atoms with Crippen molar-refractivity contribution in [3.63, 3.8) is 0 Å². The molecule has 1 aromatic rings. The lowest BCUT2D eigenvalue weighted by Crippen LogP contribution is -2.26. The summed E-state index contributed by atoms with van der Waals surface area (Å²) in [6.45, 7) is 3.51. The van der Waals surface area contributed by atoms with Crippen molar-refractivity contribution < 1.29 is 13.6 Å². The first-order valence-corrected chi connectivity index (χ1v) is 5.66. The van der Waals surface area contributed by atoms with Gasteiger partial charge >= 0.3 is 0 Å². The molecule has 0 fully saturated rings. The number of hydrogen-bond acceptors (Lipinski definition) is 1. The Labute approximate surface area is 103 Å². The summed E-state index contributed by atoms with van der Waals surface area (Å²) in [7, 11) is 0. The van der Waals surface area contributed by atoms with Crippen LogP contribution in [0, 0.1) is 0 Å². The van der Waals surface area contributed by atoms with E-state index in [9.17, 15) is 13.6 Å². The Bertz CT molecular complexity index is 474. The van der Waals surface area contributed by atoms with Crippen LogP contribution in [0.5, 0.6) is 0 Å². The highest BCUT2D eigenvalue weighted by Gasteiger charge is 2.38. The SMILES string of the molecule is CC1(C)C(=O)Nc2ccc(C(Cl)C(F)F)cc21. The molecule has 0 spiro atoms. The number of amides is 1. The van der Waals surface area contributed by atoms with Crippen molar-refractivity contribution in [1.29, 1.82) is 0 Å². The van der Waals surface area contributed by atoms with E-state index in [2.05, 4.69) is 5.32 Å². The Hall–Kier alpha value is -1.16. The smallest absolute Gasteiger partial charge is 0.258 e. The molecule has 1 atom stereocenters. The van der Waals surface area contributed by atoms with Gasteiger partial charge in [0, 0.05) is 5.69 Å². The third-order valence-corrected chi connectivity index (χ3v) is 3.51. The van der Waals surface area contributed by atoms with Crippen LogP contribution in [-0.2, 0) is 10.2 Å². The number of fused-ring (bicyclic) bond motifs is 1. The summed E-state index contributed by atoms with van der Waals surface area (Å²) >= 11 is 5.62. The van der Waals surface area contributed by atoms with Gasteiger partial charge in [-0.1, -0.05) is 12.1 Å². The molecule has 0 bridgehead atoms. The van der Waals surface area contributed by atoms with Crippen molar-refractivity contribution in [2.24, 2.45) is 0 Å². The predicted molar refractivity (Wildman–Crippen MR) is 62.7 cm³/mol. The zero-order valence-corrected chi connectivity index (χ0v) is 10.2. The average Bonchev–Trinajstić information content (AvgIpc) is 2.49. The van der Waals surface area contributed by atoms with Crippen LogP contribution >= 0.6 is 11.6 Å². The number of nitrogens with one attached hydrogen (secondary N) is 1. The molecule has 2 rings (SSSR count). The van der Waals surface area contributed by atoms with Crippen LogP contribution in [0.15, 0.2) is 18.2 Å². The zero-order valence-electron chi connectivity index (χ0n) is 9.43. The van der Waals surface area contributed by atoms with Crippen molar-refractivity contribution in [3.05, 3.63) is 29.3 Å². The molecule has 2 nitrogen and oxygen atoms in total. The fraction of sp³-hybridized carbons (Fsp3) is 0.417. The highest BCUT2D eigenvalue weighted by atomic mass is 35.5. The number of hydrogen-bond donors (Lipinski definition) is 1. The fourth-order valence-corrected chi connectivity index (χ4v) is 2.04. The number of rotatable bonds is 2. The lowest BCUT2D eigenvalue weighted by atomic mass is 9.85. The van der Waals surface area contributed by atoms with E-state index in [1.54, 1.807) is 26.0 Å². The normalized spacial score (nSPS) is 19.1. The first-order chi connectivity index (χ1) is 7.84. The Morgan fingerprint density at radius 1 is 1.35 bits per heavy atom. The van der Waals surface area contributed by atoms with Crippen LogP contribution in [0.4, 0.5) is 14.5 Å². The van der Waals surface area contributed by atoms with E-state index in [1.807, 2.05) is 0 Å². The van der Waals surface area contributed by atoms with Gasteiger partial charge < -0.3 is 5.32 Å². The topological polar surface area (TPSA) is 29.1 Å². The number of benzene rings is 1. The summed E-state index contributed by atoms with van der Waals surface area (Å²) in [6, 6.07) is 4.72. The maximum atomic E-state index is 12.5. The summed E-state index contributed by atoms with van der Waals surface area (Å²) in [5, 5.41) is 1.37. The summed E-state index contributed by atoms with van der Waals surface area (Å²) in [4.78, 5) is 11.7. The Kier molecular flexibility index (Phi) is 2.86. The summed E-state index contributed by atoms with van der Waals surface area (Å²) in [6.07, 6.45) is -2.62. The van der Waals surface area contributed by atoms with Crippen molar-refractivity contribution in [3.8, 4) is 0 Å². The second kappa shape index (κ2) is 3.95. The van der Waals surface area contributed by atoms with Gasteiger partial charge in [0.15, 0.2) is 0 Å². The summed E-state index contributed by atoms with van der Waals surface area (Å²) in [5.41, 5.74) is 1.02. The van der Waals surface area contributed by atoms with E-state index in [0.717, 1.165) is 0 Å². The quantitative estimate of drug-likeness (QED) is 0.810. The monoisotopic (exact) mass is 259 g/mol. The molecule has 1 aromatic carbocycles. The van der Waals surface area contributed by atoms with Crippen LogP contribution in [0.3, 0.4) is 0 Å². The molecule has 0 radical (unpaired) electrons. The zero-order chi connectivity index (χ0) is 12.8. The summed E-state index contributed by atoms with van der Waals surface area (Å²) < 4.78 is 25.0. The first-order valence-electron chi connectivity index (χ1n) is 5.22. The van der Waals surface area contributed by atoms with Gasteiger partial charge in [0.05, 0.1) is 5.41 Å². The minimum Gasteiger partial charge on any atom is -0.325 e. The summed E-state index contributed by atoms with van der Waals surface area (Å²) in [5.74, 6) is -0.132. The standard InChI is InChI=1S/C12H12ClF2NO/c1-12(2)7-5-6(9(13)10(14)15)3-4-8(7)16-11(12)17/h3-5,9-10H,1-2H3,(H,16,17). The first kappa shape index (κ1) is 12.3. The molecule has 0 saturated heterocycles. The number of alkyl halides is 3. The number of halogens is 3. The lowest BCUT2D eigenvalue weighted by molar-refractivity contribution is -0.119. The highest BCUT2D eigenvalue weighted by Crippen LogP contribution is 2.40. The maximum Gasteiger partial charge on any atom is 0.258 e. The molecule has 1 heterocycles. The van der Waals surface area contributed by atoms with Crippen LogP contribution in [0.1, 0.15) is 30.4 Å². The van der Waals surface area contributed by atoms with Crippen LogP contribution in [0.2, 0.25) is 0 Å². The van der Waals surface area contributed by atoms with E-state index >= 15 is 0 Å². The van der Waals surface area contributed by atoms with E-state index in [-0.39, 0.29) is 5.91 Å². The van der Waals surface area contributed by atoms with Crippen molar-refractivity contribution in [2.75, 3.05) is 5.32 Å². The van der Waals surface area contributed by atoms with Crippen molar-refractivity contribution in [2.45, 2.75) is 31.1 Å². The van der Waals surface area contributed by atoms with Gasteiger partial charge in [0.25, 0.3) is 6.43 Å². The number of carbonyl (C=O) groups is 1. The minimum absolute atomic E-state index is 0.132. The molecule has 1 aliphatic heterocycles. The number of carbonyl (C=O) groups excluding carboxylic acids is 1. The molecular formula is C12H12ClF2NO. The van der Waals surface area contributed by atoms with Gasteiger partial charge in [-0.3, -0.25) is 4.79 Å². The van der Waals surface area contributed by atoms with Crippen molar-refractivity contribution >= 4 is 23.2 Å². The van der Waals surface area contributed by atoms with Gasteiger partial charge in [0.2, 0.25) is 5.91 Å². The molecule has 1 aliphatic rings. The minimum atomic E-state index is -2.62. The Morgan fingerprint density at radius 2 is 2.00 bits per heavy atom. The maximum absolute atomic E-state index is 12.5. The predicted octanol–water partition coefficient (Wildman–Crippen LogP) is 3.46. The van der Waals surface area contributed by atoms with Gasteiger partial charge in [-0.2, -0.15) is 0 Å². The largest absolute Gasteiger partial charge is 0.325 e. The molecular weight excluding hydrogens is 248 g/mol. The van der Waals surface area contributed by atoms with E-state index < -0.39 is 17.2 Å². The Balaban J connectivity index is 2.46. The lowest BCUT2D eigenvalue weighted by Gasteiger charge is -2.17. The molecule has 0 aromatic heterocycles. The van der Waals surface area contributed by atoms with E-state index in [0.29, 0.717) is 16.8 Å². The molecule has 17 heavy (non-hydrogen) atoms. The highest BCUT2D eigenvalue weighted by molar-refractivity contribution is 6.21. The van der Waals surface area contributed by atoms with Crippen LogP contribution in [-0.4, -0.2) is 12.3 Å². The molecule has 0 saturated carbocycles. The van der Waals surface area contributed by atoms with Gasteiger partial charge in [-0.15, -0.1) is 11.6 Å². The molecule has 1 unspecified atom stereocenters. The van der Waals surface area contributed by atoms with E-state index in [1.165, 1.54) is 6.07 Å². The average molecular weight is 260 g/mol. The van der Waals surface area contributed by atoms with Gasteiger partial charge in [-0.05, 0) is 31.0 Å². The van der Waals surface area contributed by atoms with E-state index in [4.69, 9.17) is 11.6 Å². The third kappa shape index (κ3) is 1.90. The second-order valence-corrected chi connectivity index (χ2v) is 5.09. The third-order valence-electron chi connectivity index (χ3n) is 3.07. The number of anilines is 1. The van der Waals surface area contributed by atoms with Crippen molar-refractivity contribution in [1.82, 2.24) is 0 Å². The van der Waals surface area contributed by atoms with Crippen LogP contribution < -0.4 is 5.32 Å². The molecule has 0 aliphatic carbocycles. The van der Waals surface area contributed by atoms with Gasteiger partial charge in [-0.25, -0.2) is 8.78 Å². The molecule has 1 N–H and O–H groups in total.